The Morgan fingerprint density at radius 3 is 1.73 bits per heavy atom. The monoisotopic (exact) mass is 978 g/mol. The molecule has 0 amide bonds. The third-order valence-electron chi connectivity index (χ3n) is 9.70. The predicted octanol–water partition coefficient (Wildman–Crippen LogP) is 7.95. The quantitative estimate of drug-likeness (QED) is 0.116. The van der Waals surface area contributed by atoms with Crippen LogP contribution in [0.2, 0.25) is 5.28 Å². The van der Waals surface area contributed by atoms with Gasteiger partial charge < -0.3 is 30.2 Å². The molecular weight excluding hydrogens is 917 g/mol. The number of hydrogen-bond donors (Lipinski definition) is 2. The summed E-state index contributed by atoms with van der Waals surface area (Å²) in [6.45, 7) is 24.7. The molecule has 0 aliphatic carbocycles. The average molecular weight is 982 g/mol. The summed E-state index contributed by atoms with van der Waals surface area (Å²) < 4.78 is 0. The molecule has 0 bridgehead atoms. The molecule has 62 heavy (non-hydrogen) atoms. The Balaban J connectivity index is 0.000000276. The van der Waals surface area contributed by atoms with Gasteiger partial charge in [0.2, 0.25) is 29.1 Å². The van der Waals surface area contributed by atoms with E-state index in [0.29, 0.717) is 59.2 Å². The molecule has 17 heteroatoms. The molecular formula is C45H64BrClN14Zn. The van der Waals surface area contributed by atoms with Crippen LogP contribution >= 0.6 is 25.2 Å². The van der Waals surface area contributed by atoms with E-state index in [1.54, 1.807) is 12.1 Å². The van der Waals surface area contributed by atoms with Gasteiger partial charge in [0.05, 0.1) is 17.7 Å². The number of halogens is 2. The van der Waals surface area contributed by atoms with Crippen LogP contribution in [0.25, 0.3) is 0 Å². The van der Waals surface area contributed by atoms with Crippen molar-refractivity contribution < 1.29 is 16.3 Å². The van der Waals surface area contributed by atoms with Crippen molar-refractivity contribution in [2.24, 2.45) is 10.8 Å². The first-order valence-corrected chi connectivity index (χ1v) is 28.1. The van der Waals surface area contributed by atoms with Gasteiger partial charge in [0.25, 0.3) is 0 Å². The van der Waals surface area contributed by atoms with E-state index in [1.807, 2.05) is 55.4 Å². The van der Waals surface area contributed by atoms with Crippen LogP contribution in [0.4, 0.5) is 23.8 Å². The Hall–Kier alpha value is -4.18. The maximum absolute atomic E-state index is 9.26. The standard InChI is InChI=1S/C23H33N7.C14H25ClN6.C8H6N.BrH.Zn/c1-16-7-8-17(13-24)11-18(16)12-20-26-21(25-19-9-10-29(5)14-19)28-22(27-20)30(6)15-23(2,3)4;1-14(2,3)9-21(5)13-18-11(15)17-12(19-13)16-10-6-7-20(4)8-10;1-7-3-2-4-8(5-7)6-9;;/h7-8,11,19H,9-10,12,14-15H2,1-6H3,(H,25,26,27,28);10H,6-9H2,1-5H3,(H,16,17,18,19);2-5H,1H2;1H;/q;;-1;;+2/p-1/t;10-;;;/m.1.../s1. The Morgan fingerprint density at radius 1 is 0.774 bits per heavy atom. The summed E-state index contributed by atoms with van der Waals surface area (Å²) >= 11 is 10.3. The second kappa shape index (κ2) is 24.6. The van der Waals surface area contributed by atoms with Crippen molar-refractivity contribution in [3.63, 3.8) is 0 Å². The zero-order valence-electron chi connectivity index (χ0n) is 38.6. The number of nitrogens with one attached hydrogen (secondary N) is 2. The first-order valence-electron chi connectivity index (χ1n) is 20.8. The van der Waals surface area contributed by atoms with Crippen LogP contribution in [-0.2, 0) is 22.8 Å². The molecule has 0 saturated carbocycles. The summed E-state index contributed by atoms with van der Waals surface area (Å²) in [7, 11) is 8.25. The van der Waals surface area contributed by atoms with Gasteiger partial charge in [0.15, 0.2) is 0 Å². The van der Waals surface area contributed by atoms with Crippen LogP contribution in [-0.4, -0.2) is 119 Å². The molecule has 2 aliphatic heterocycles. The van der Waals surface area contributed by atoms with Gasteiger partial charge in [-0.3, -0.25) is 0 Å². The number of aryl methyl sites for hydroxylation is 1. The average Bonchev–Trinajstić information content (AvgIpc) is 3.81. The fraction of sp³-hybridized carbons (Fsp3) is 0.533. The van der Waals surface area contributed by atoms with E-state index in [4.69, 9.17) is 31.8 Å². The normalized spacial score (nSPS) is 16.3. The molecule has 1 unspecified atom stereocenters. The number of nitrogens with zero attached hydrogens (tertiary/aromatic N) is 12. The minimum absolute atomic E-state index is 0.126. The van der Waals surface area contributed by atoms with Gasteiger partial charge in [0, 0.05) is 58.8 Å². The first-order chi connectivity index (χ1) is 29.2. The maximum atomic E-state index is 9.26. The van der Waals surface area contributed by atoms with Crippen molar-refractivity contribution in [2.45, 2.75) is 79.8 Å². The second-order valence-electron chi connectivity index (χ2n) is 18.5. The van der Waals surface area contributed by atoms with E-state index in [9.17, 15) is 5.26 Å². The zero-order valence-corrected chi connectivity index (χ0v) is 43.9. The molecule has 2 aromatic heterocycles. The van der Waals surface area contributed by atoms with E-state index >= 15 is 0 Å². The molecule has 4 heterocycles. The summed E-state index contributed by atoms with van der Waals surface area (Å²) in [5.74, 6) is 3.20. The number of anilines is 4. The fourth-order valence-corrected chi connectivity index (χ4v) is 7.23. The number of aromatic nitrogens is 6. The molecule has 2 N–H and O–H groups in total. The summed E-state index contributed by atoms with van der Waals surface area (Å²) in [5.41, 5.74) is 4.69. The van der Waals surface area contributed by atoms with Crippen LogP contribution in [0.5, 0.6) is 0 Å². The predicted molar refractivity (Wildman–Crippen MR) is 252 cm³/mol. The molecule has 2 aliphatic rings. The van der Waals surface area contributed by atoms with Crippen LogP contribution < -0.4 is 20.4 Å². The number of hydrogen-bond acceptors (Lipinski definition) is 14. The molecule has 0 radical (unpaired) electrons. The molecule has 6 rings (SSSR count). The molecule has 2 aromatic carbocycles. The van der Waals surface area contributed by atoms with E-state index in [-0.39, 0.29) is 16.1 Å². The van der Waals surface area contributed by atoms with Crippen LogP contribution in [0.15, 0.2) is 42.5 Å². The molecule has 2 atom stereocenters. The Labute approximate surface area is 392 Å². The number of likely N-dealkylation sites (N-methyl/N-ethyl adjacent to an activating group) is 2. The van der Waals surface area contributed by atoms with Crippen LogP contribution in [0.3, 0.4) is 0 Å². The van der Waals surface area contributed by atoms with Gasteiger partial charge in [-0.2, -0.15) is 59.0 Å². The molecule has 2 fully saturated rings. The SMILES string of the molecule is CN1CC[C@@H](Nc2nc(Cl)nc(N(C)CC(C)(C)C)n2)C1.Cc1ccc(C#N)cc1Cc1nc(NC2CCN(C)C2)nc(N(C)CC(C)(C)C)n1.[CH2-]c1cccc(C#N)c1.[Zn+][Br]. The van der Waals surface area contributed by atoms with E-state index < -0.39 is 0 Å². The molecule has 330 valence electrons. The van der Waals surface area contributed by atoms with E-state index in [0.717, 1.165) is 68.8 Å². The summed E-state index contributed by atoms with van der Waals surface area (Å²) in [4.78, 5) is 35.8. The van der Waals surface area contributed by atoms with Gasteiger partial charge >= 0.3 is 30.0 Å². The van der Waals surface area contributed by atoms with Crippen molar-refractivity contribution in [2.75, 3.05) is 87.9 Å². The Bertz CT molecular complexity index is 2110. The van der Waals surface area contributed by atoms with E-state index in [2.05, 4.69) is 129 Å². The summed E-state index contributed by atoms with van der Waals surface area (Å²) in [6.07, 6.45) is 2.74. The van der Waals surface area contributed by atoms with Crippen molar-refractivity contribution in [3.05, 3.63) is 88.3 Å². The molecule has 0 spiro atoms. The molecule has 4 aromatic rings. The van der Waals surface area contributed by atoms with Gasteiger partial charge in [-0.1, -0.05) is 53.7 Å². The van der Waals surface area contributed by atoms with Crippen LogP contribution in [0.1, 0.15) is 88.0 Å². The fourth-order valence-electron chi connectivity index (χ4n) is 7.07. The third-order valence-corrected chi connectivity index (χ3v) is 9.87. The number of benzene rings is 2. The Morgan fingerprint density at radius 2 is 1.27 bits per heavy atom. The van der Waals surface area contributed by atoms with Gasteiger partial charge in [-0.15, -0.1) is 12.1 Å². The Kier molecular flexibility index (Phi) is 20.7. The van der Waals surface area contributed by atoms with Crippen molar-refractivity contribution in [1.29, 1.82) is 10.5 Å². The van der Waals surface area contributed by atoms with Crippen molar-refractivity contribution >= 4 is 49.0 Å². The molecule has 2 saturated heterocycles. The number of rotatable bonds is 10. The van der Waals surface area contributed by atoms with Crippen LogP contribution in [0, 0.1) is 47.3 Å². The minimum atomic E-state index is 0.126. The topological polar surface area (TPSA) is 162 Å². The summed E-state index contributed by atoms with van der Waals surface area (Å²) in [6, 6.07) is 17.9. The second-order valence-corrected chi connectivity index (χ2v) is 18.8. The summed E-state index contributed by atoms with van der Waals surface area (Å²) in [5, 5.41) is 24.7. The van der Waals surface area contributed by atoms with Gasteiger partial charge in [-0.25, -0.2) is 0 Å². The molecule has 14 nitrogen and oxygen atoms in total. The van der Waals surface area contributed by atoms with Crippen molar-refractivity contribution in [1.82, 2.24) is 39.7 Å². The van der Waals surface area contributed by atoms with E-state index in [1.165, 1.54) is 16.3 Å². The zero-order chi connectivity index (χ0) is 46.2. The number of nitriles is 2. The van der Waals surface area contributed by atoms with Crippen molar-refractivity contribution in [3.8, 4) is 12.1 Å². The first kappa shape index (κ1) is 52.2. The number of likely N-dealkylation sites (tertiary alicyclic amines) is 2. The third kappa shape index (κ3) is 18.7. The van der Waals surface area contributed by atoms with Gasteiger partial charge in [0.1, 0.15) is 5.82 Å². The van der Waals surface area contributed by atoms with Gasteiger partial charge in [-0.05, 0) is 98.2 Å².